The van der Waals surface area contributed by atoms with E-state index in [1.165, 1.54) is 25.7 Å². The maximum absolute atomic E-state index is 5.74. The van der Waals surface area contributed by atoms with E-state index in [9.17, 15) is 0 Å². The normalized spacial score (nSPS) is 29.1. The van der Waals surface area contributed by atoms with Crippen molar-refractivity contribution < 1.29 is 9.47 Å². The molecule has 2 unspecified atom stereocenters. The highest BCUT2D eigenvalue weighted by molar-refractivity contribution is 9.09. The molecule has 1 fully saturated rings. The monoisotopic (exact) mass is 264 g/mol. The minimum atomic E-state index is -0.440. The Labute approximate surface area is 95.5 Å². The van der Waals surface area contributed by atoms with Crippen LogP contribution in [0.3, 0.4) is 0 Å². The minimum Gasteiger partial charge on any atom is -0.354 e. The van der Waals surface area contributed by atoms with Crippen molar-refractivity contribution in [3.8, 4) is 0 Å². The van der Waals surface area contributed by atoms with Crippen molar-refractivity contribution in [2.45, 2.75) is 50.1 Å². The van der Waals surface area contributed by atoms with Crippen LogP contribution in [-0.4, -0.2) is 24.3 Å². The summed E-state index contributed by atoms with van der Waals surface area (Å²) in [6.07, 6.45) is 5.24. The third-order valence-corrected chi connectivity index (χ3v) is 4.16. The van der Waals surface area contributed by atoms with Crippen molar-refractivity contribution in [2.24, 2.45) is 5.92 Å². The van der Waals surface area contributed by atoms with E-state index in [1.54, 1.807) is 7.11 Å². The van der Waals surface area contributed by atoms with Crippen molar-refractivity contribution in [3.63, 3.8) is 0 Å². The Bertz CT molecular complexity index is 171. The van der Waals surface area contributed by atoms with E-state index in [0.29, 0.717) is 10.7 Å². The molecule has 3 heteroatoms. The summed E-state index contributed by atoms with van der Waals surface area (Å²) in [6.45, 7) is 4.72. The number of ether oxygens (including phenoxy) is 2. The van der Waals surface area contributed by atoms with E-state index in [4.69, 9.17) is 9.47 Å². The van der Waals surface area contributed by atoms with Crippen LogP contribution in [-0.2, 0) is 9.47 Å². The highest BCUT2D eigenvalue weighted by atomic mass is 79.9. The molecule has 0 aliphatic heterocycles. The van der Waals surface area contributed by atoms with Crippen LogP contribution in [0.25, 0.3) is 0 Å². The van der Waals surface area contributed by atoms with Crippen molar-refractivity contribution >= 4 is 15.9 Å². The number of hydrogen-bond donors (Lipinski definition) is 0. The highest BCUT2D eigenvalue weighted by Gasteiger charge is 2.26. The second-order valence-electron chi connectivity index (χ2n) is 4.48. The topological polar surface area (TPSA) is 18.5 Å². The first-order chi connectivity index (χ1) is 6.55. The third-order valence-electron chi connectivity index (χ3n) is 2.95. The van der Waals surface area contributed by atoms with Gasteiger partial charge in [-0.25, -0.2) is 0 Å². The third kappa shape index (κ3) is 3.87. The Morgan fingerprint density at radius 1 is 1.29 bits per heavy atom. The SMILES string of the molecule is COC(C)(C)OCC1CCCCC1Br. The first-order valence-corrected chi connectivity index (χ1v) is 6.30. The second kappa shape index (κ2) is 5.47. The van der Waals surface area contributed by atoms with Gasteiger partial charge in [0, 0.05) is 11.9 Å². The van der Waals surface area contributed by atoms with Gasteiger partial charge in [0.15, 0.2) is 5.79 Å². The largest absolute Gasteiger partial charge is 0.354 e. The van der Waals surface area contributed by atoms with Crippen molar-refractivity contribution in [2.75, 3.05) is 13.7 Å². The Hall–Kier alpha value is 0.400. The fourth-order valence-electron chi connectivity index (χ4n) is 1.72. The summed E-state index contributed by atoms with van der Waals surface area (Å²) in [6, 6.07) is 0. The van der Waals surface area contributed by atoms with Crippen LogP contribution in [0, 0.1) is 5.92 Å². The van der Waals surface area contributed by atoms with Crippen LogP contribution in [0.1, 0.15) is 39.5 Å². The molecule has 2 nitrogen and oxygen atoms in total. The standard InChI is InChI=1S/C11H21BrO2/c1-11(2,13-3)14-8-9-6-4-5-7-10(9)12/h9-10H,4-8H2,1-3H3. The van der Waals surface area contributed by atoms with E-state index in [0.717, 1.165) is 6.61 Å². The molecule has 0 heterocycles. The molecular formula is C11H21BrO2. The summed E-state index contributed by atoms with van der Waals surface area (Å²) in [5, 5.41) is 0. The van der Waals surface area contributed by atoms with Crippen molar-refractivity contribution in [1.29, 1.82) is 0 Å². The molecule has 1 aliphatic carbocycles. The summed E-state index contributed by atoms with van der Waals surface area (Å²) in [5.41, 5.74) is 0. The molecule has 1 aliphatic rings. The van der Waals surface area contributed by atoms with E-state index in [2.05, 4.69) is 15.9 Å². The Balaban J connectivity index is 2.29. The van der Waals surface area contributed by atoms with E-state index >= 15 is 0 Å². The maximum atomic E-state index is 5.74. The quantitative estimate of drug-likeness (QED) is 0.573. The zero-order chi connectivity index (χ0) is 10.6. The van der Waals surface area contributed by atoms with Crippen LogP contribution >= 0.6 is 15.9 Å². The van der Waals surface area contributed by atoms with Crippen molar-refractivity contribution in [1.82, 2.24) is 0 Å². The lowest BCUT2D eigenvalue weighted by molar-refractivity contribution is -0.204. The highest BCUT2D eigenvalue weighted by Crippen LogP contribution is 2.31. The van der Waals surface area contributed by atoms with Crippen LogP contribution in [0.15, 0.2) is 0 Å². The molecule has 0 saturated heterocycles. The molecule has 0 spiro atoms. The van der Waals surface area contributed by atoms with Gasteiger partial charge in [0.1, 0.15) is 0 Å². The van der Waals surface area contributed by atoms with Gasteiger partial charge in [0.2, 0.25) is 0 Å². The van der Waals surface area contributed by atoms with Gasteiger partial charge in [0.25, 0.3) is 0 Å². The molecule has 0 aromatic heterocycles. The molecule has 1 saturated carbocycles. The van der Waals surface area contributed by atoms with Gasteiger partial charge in [-0.2, -0.15) is 0 Å². The van der Waals surface area contributed by atoms with Gasteiger partial charge in [0.05, 0.1) is 6.61 Å². The molecule has 2 atom stereocenters. The Kier molecular flexibility index (Phi) is 4.88. The van der Waals surface area contributed by atoms with Gasteiger partial charge >= 0.3 is 0 Å². The van der Waals surface area contributed by atoms with Gasteiger partial charge in [-0.05, 0) is 32.6 Å². The molecule has 0 bridgehead atoms. The maximum Gasteiger partial charge on any atom is 0.162 e. The lowest BCUT2D eigenvalue weighted by Gasteiger charge is -2.31. The number of halogens is 1. The molecule has 1 rings (SSSR count). The number of rotatable bonds is 4. The molecular weight excluding hydrogens is 244 g/mol. The zero-order valence-electron chi connectivity index (χ0n) is 9.38. The van der Waals surface area contributed by atoms with E-state index in [1.807, 2.05) is 13.8 Å². The van der Waals surface area contributed by atoms with Crippen LogP contribution < -0.4 is 0 Å². The van der Waals surface area contributed by atoms with Gasteiger partial charge < -0.3 is 9.47 Å². The van der Waals surface area contributed by atoms with E-state index in [-0.39, 0.29) is 0 Å². The summed E-state index contributed by atoms with van der Waals surface area (Å²) in [5.74, 6) is 0.211. The number of hydrogen-bond acceptors (Lipinski definition) is 2. The van der Waals surface area contributed by atoms with Gasteiger partial charge in [-0.15, -0.1) is 0 Å². The summed E-state index contributed by atoms with van der Waals surface area (Å²) in [7, 11) is 1.69. The molecule has 0 N–H and O–H groups in total. The van der Waals surface area contributed by atoms with Crippen molar-refractivity contribution in [3.05, 3.63) is 0 Å². The first-order valence-electron chi connectivity index (χ1n) is 5.38. The number of methoxy groups -OCH3 is 1. The molecule has 14 heavy (non-hydrogen) atoms. The molecule has 0 radical (unpaired) electrons. The van der Waals surface area contributed by atoms with Crippen LogP contribution in [0.5, 0.6) is 0 Å². The second-order valence-corrected chi connectivity index (χ2v) is 5.65. The molecule has 84 valence electrons. The first kappa shape index (κ1) is 12.5. The average Bonchev–Trinajstić information content (AvgIpc) is 2.17. The van der Waals surface area contributed by atoms with Gasteiger partial charge in [-0.3, -0.25) is 0 Å². The molecule has 0 aromatic rings. The predicted molar refractivity (Wildman–Crippen MR) is 61.7 cm³/mol. The Morgan fingerprint density at radius 3 is 2.50 bits per heavy atom. The zero-order valence-corrected chi connectivity index (χ0v) is 11.0. The fourth-order valence-corrected chi connectivity index (χ4v) is 2.46. The van der Waals surface area contributed by atoms with Crippen LogP contribution in [0.2, 0.25) is 0 Å². The lowest BCUT2D eigenvalue weighted by Crippen LogP contribution is -2.32. The summed E-state index contributed by atoms with van der Waals surface area (Å²) >= 11 is 3.72. The summed E-state index contributed by atoms with van der Waals surface area (Å²) in [4.78, 5) is 0.629. The minimum absolute atomic E-state index is 0.440. The van der Waals surface area contributed by atoms with E-state index < -0.39 is 5.79 Å². The molecule has 0 amide bonds. The van der Waals surface area contributed by atoms with Gasteiger partial charge in [-0.1, -0.05) is 28.8 Å². The average molecular weight is 265 g/mol. The van der Waals surface area contributed by atoms with Crippen LogP contribution in [0.4, 0.5) is 0 Å². The Morgan fingerprint density at radius 2 is 1.93 bits per heavy atom. The smallest absolute Gasteiger partial charge is 0.162 e. The summed E-state index contributed by atoms with van der Waals surface area (Å²) < 4.78 is 11.0. The molecule has 0 aromatic carbocycles. The predicted octanol–water partition coefficient (Wildman–Crippen LogP) is 3.34. The number of alkyl halides is 1. The lowest BCUT2D eigenvalue weighted by atomic mass is 9.90. The fraction of sp³-hybridized carbons (Fsp3) is 1.00.